The number of urea groups is 1. The largest absolute Gasteiger partial charge is 0.481 e. The van der Waals surface area contributed by atoms with E-state index in [1.807, 2.05) is 43.3 Å². The Balaban J connectivity index is 1.35. The summed E-state index contributed by atoms with van der Waals surface area (Å²) in [7, 11) is 2.99. The van der Waals surface area contributed by atoms with Gasteiger partial charge in [0.1, 0.15) is 42.3 Å². The van der Waals surface area contributed by atoms with Crippen molar-refractivity contribution >= 4 is 59.4 Å². The zero-order valence-corrected chi connectivity index (χ0v) is 48.3. The maximum atomic E-state index is 15.3. The van der Waals surface area contributed by atoms with Crippen LogP contribution in [0.15, 0.2) is 77.8 Å². The smallest absolute Gasteiger partial charge is 0.326 e. The Kier molecular flexibility index (Phi) is 24.8. The fourth-order valence-corrected chi connectivity index (χ4v) is 10.5. The van der Waals surface area contributed by atoms with E-state index in [2.05, 4.69) is 36.5 Å². The third-order valence-electron chi connectivity index (χ3n) is 15.3. The molecule has 25 nitrogen and oxygen atoms in total. The Labute approximate surface area is 489 Å². The number of benzene rings is 3. The van der Waals surface area contributed by atoms with Crippen LogP contribution >= 0.6 is 0 Å². The van der Waals surface area contributed by atoms with Gasteiger partial charge in [-0.25, -0.2) is 9.59 Å². The van der Waals surface area contributed by atoms with Crippen molar-refractivity contribution < 1.29 is 58.1 Å². The van der Waals surface area contributed by atoms with Crippen LogP contribution in [0.3, 0.4) is 0 Å². The Bertz CT molecular complexity index is 2810. The number of nitrogens with zero attached hydrogens (tertiary/aromatic N) is 5. The second-order valence-corrected chi connectivity index (χ2v) is 21.8. The number of hydrogen-bond donors (Lipinski definition) is 10. The molecule has 84 heavy (non-hydrogen) atoms. The summed E-state index contributed by atoms with van der Waals surface area (Å²) in [5.41, 5.74) is 21.4. The van der Waals surface area contributed by atoms with Crippen molar-refractivity contribution in [3.8, 4) is 0 Å². The molecule has 3 aliphatic rings. The molecule has 7 atom stereocenters. The maximum absolute atomic E-state index is 15.3. The molecule has 0 bridgehead atoms. The molecule has 3 aromatic carbocycles. The van der Waals surface area contributed by atoms with E-state index in [1.165, 1.54) is 28.8 Å². The molecule has 8 amide bonds. The number of amides is 8. The number of carboxylic acids is 2. The summed E-state index contributed by atoms with van der Waals surface area (Å²) in [5.74, 6) is -7.59. The molecule has 0 spiro atoms. The lowest BCUT2D eigenvalue weighted by Crippen LogP contribution is -2.62. The molecule has 3 heterocycles. The highest BCUT2D eigenvalue weighted by Gasteiger charge is 2.43. The van der Waals surface area contributed by atoms with Gasteiger partial charge in [-0.1, -0.05) is 92.6 Å². The molecule has 25 heteroatoms. The molecule has 0 aromatic heterocycles. The Morgan fingerprint density at radius 3 is 1.68 bits per heavy atom. The molecule has 6 rings (SSSR count). The molecular weight excluding hydrogens is 1080 g/mol. The number of carbonyl (C=O) groups excluding carboxylic acids is 7. The van der Waals surface area contributed by atoms with Crippen LogP contribution in [0.25, 0.3) is 0 Å². The number of nitrogens with two attached hydrogens (primary N) is 3. The number of aliphatic imine (C=N–C) groups is 1. The van der Waals surface area contributed by atoms with Crippen LogP contribution < -0.4 is 43.8 Å². The monoisotopic (exact) mass is 1170 g/mol. The lowest BCUT2D eigenvalue weighted by Gasteiger charge is -2.39. The van der Waals surface area contributed by atoms with Gasteiger partial charge in [0, 0.05) is 72.6 Å². The molecule has 3 aliphatic heterocycles. The van der Waals surface area contributed by atoms with E-state index in [0.717, 1.165) is 29.8 Å². The van der Waals surface area contributed by atoms with Gasteiger partial charge in [0.2, 0.25) is 35.4 Å². The normalized spacial score (nSPS) is 17.5. The van der Waals surface area contributed by atoms with E-state index in [4.69, 9.17) is 21.9 Å². The van der Waals surface area contributed by atoms with Gasteiger partial charge in [-0.3, -0.25) is 43.5 Å². The fourth-order valence-electron chi connectivity index (χ4n) is 10.5. The first-order chi connectivity index (χ1) is 40.3. The van der Waals surface area contributed by atoms with Crippen LogP contribution in [0, 0.1) is 0 Å². The van der Waals surface area contributed by atoms with Gasteiger partial charge in [0.25, 0.3) is 0 Å². The van der Waals surface area contributed by atoms with Gasteiger partial charge in [-0.05, 0) is 78.5 Å². The molecule has 0 radical (unpaired) electrons. The third kappa shape index (κ3) is 18.9. The fraction of sp³-hybridized carbons (Fsp3) is 0.525. The van der Waals surface area contributed by atoms with Crippen molar-refractivity contribution in [1.29, 1.82) is 0 Å². The third-order valence-corrected chi connectivity index (χ3v) is 15.3. The predicted octanol–water partition coefficient (Wildman–Crippen LogP) is 0.479. The number of nitrogens with one attached hydrogen (secondary N) is 5. The number of carbonyl (C=O) groups is 9. The minimum atomic E-state index is -1.70. The molecular formula is C59H83N13O12. The van der Waals surface area contributed by atoms with Crippen molar-refractivity contribution in [2.45, 2.75) is 146 Å². The quantitative estimate of drug-likeness (QED) is 0.0257. The Morgan fingerprint density at radius 1 is 0.631 bits per heavy atom. The van der Waals surface area contributed by atoms with Crippen molar-refractivity contribution in [2.75, 3.05) is 53.5 Å². The SMILES string of the molecule is CCCC[C@H](NC(=O)N(C)C)C(=O)N[C@@H](CC(=O)O)C(=O)N1Cc2ccccc2C[C@H]1C(=O)N[C@H](Cc1ccc(CN2CCOCC2)cc1)C(=O)N[C@@H](CCCN=C(N)N)C(=O)N1Cc2ccccc2C[C@H]1C(=O)N[C@@H](CCCCN)C(=O)O. The number of unbranched alkanes of at least 4 members (excludes halogenated alkanes) is 2. The molecule has 13 N–H and O–H groups in total. The summed E-state index contributed by atoms with van der Waals surface area (Å²) in [4.78, 5) is 137. The molecule has 0 aliphatic carbocycles. The van der Waals surface area contributed by atoms with Crippen molar-refractivity contribution in [2.24, 2.45) is 22.2 Å². The summed E-state index contributed by atoms with van der Waals surface area (Å²) in [6, 6.07) is 11.7. The molecule has 0 unspecified atom stereocenters. The maximum Gasteiger partial charge on any atom is 0.326 e. The van der Waals surface area contributed by atoms with Crippen LogP contribution in [-0.2, 0) is 82.0 Å². The number of aliphatic carboxylic acids is 2. The van der Waals surface area contributed by atoms with E-state index in [-0.39, 0.29) is 70.5 Å². The second kappa shape index (κ2) is 32.0. The number of morpholine rings is 1. The minimum absolute atomic E-state index is 0.0287. The highest BCUT2D eigenvalue weighted by atomic mass is 16.5. The first kappa shape index (κ1) is 65.0. The Hall–Kier alpha value is -8.16. The zero-order chi connectivity index (χ0) is 60.9. The molecule has 1 fully saturated rings. The van der Waals surface area contributed by atoms with Crippen molar-refractivity contribution in [3.05, 3.63) is 106 Å². The van der Waals surface area contributed by atoms with Gasteiger partial charge in [-0.15, -0.1) is 0 Å². The minimum Gasteiger partial charge on any atom is -0.481 e. The molecule has 0 saturated carbocycles. The standard InChI is InChI=1S/C59H83N13O12/c1-4-5-17-43(68-59(83)69(2)3)51(75)67-47(33-50(73)74)56(80)72-36-42-16-9-7-14-40(42)32-49(72)54(78)66-46(30-37-20-22-38(23-21-37)34-70-26-28-84-29-27-70)52(76)64-44(19-12-25-63-58(61)62)55(79)71-35-41-15-8-6-13-39(41)31-48(71)53(77)65-45(57(81)82)18-10-11-24-60/h6-9,13-16,20-23,43-49H,4-5,10-12,17-19,24-36,60H2,1-3H3,(H,64,76)(H,65,77)(H,66,78)(H,67,75)(H,68,83)(H,73,74)(H,81,82)(H4,61,62,63)/t43-,44-,45-,46+,47-,48-,49-/m0/s1. The first-order valence-corrected chi connectivity index (χ1v) is 28.8. The lowest BCUT2D eigenvalue weighted by molar-refractivity contribution is -0.148. The Morgan fingerprint density at radius 2 is 1.14 bits per heavy atom. The number of hydrogen-bond acceptors (Lipinski definition) is 13. The predicted molar refractivity (Wildman–Crippen MR) is 311 cm³/mol. The first-order valence-electron chi connectivity index (χ1n) is 28.8. The van der Waals surface area contributed by atoms with Crippen molar-refractivity contribution in [1.82, 2.24) is 46.2 Å². The molecule has 1 saturated heterocycles. The number of rotatable bonds is 29. The summed E-state index contributed by atoms with van der Waals surface area (Å²) >= 11 is 0. The van der Waals surface area contributed by atoms with Crippen LogP contribution in [0.4, 0.5) is 4.79 Å². The highest BCUT2D eigenvalue weighted by Crippen LogP contribution is 2.28. The van der Waals surface area contributed by atoms with E-state index in [9.17, 15) is 39.0 Å². The second-order valence-electron chi connectivity index (χ2n) is 21.8. The van der Waals surface area contributed by atoms with Crippen LogP contribution in [-0.4, -0.2) is 185 Å². The van der Waals surface area contributed by atoms with Gasteiger partial charge in [0.05, 0.1) is 19.6 Å². The average molecular weight is 1170 g/mol. The topological polar surface area (TPSA) is 367 Å². The van der Waals surface area contributed by atoms with E-state index >= 15 is 14.4 Å². The summed E-state index contributed by atoms with van der Waals surface area (Å²) in [6.45, 7) is 5.36. The number of guanidine groups is 1. The summed E-state index contributed by atoms with van der Waals surface area (Å²) in [5, 5.41) is 33.9. The molecule has 456 valence electrons. The summed E-state index contributed by atoms with van der Waals surface area (Å²) < 4.78 is 5.52. The zero-order valence-electron chi connectivity index (χ0n) is 48.3. The van der Waals surface area contributed by atoms with Gasteiger partial charge in [0.15, 0.2) is 5.96 Å². The van der Waals surface area contributed by atoms with Crippen LogP contribution in [0.2, 0.25) is 0 Å². The van der Waals surface area contributed by atoms with Gasteiger partial charge in [-0.2, -0.15) is 0 Å². The van der Waals surface area contributed by atoms with E-state index < -0.39 is 102 Å². The van der Waals surface area contributed by atoms with Crippen LogP contribution in [0.5, 0.6) is 0 Å². The van der Waals surface area contributed by atoms with E-state index in [1.54, 1.807) is 36.4 Å². The van der Waals surface area contributed by atoms with Gasteiger partial charge < -0.3 is 73.4 Å². The number of carboxylic acid groups (broad SMARTS) is 2. The molecule has 3 aromatic rings. The van der Waals surface area contributed by atoms with Gasteiger partial charge >= 0.3 is 18.0 Å². The number of fused-ring (bicyclic) bond motifs is 2. The van der Waals surface area contributed by atoms with Crippen molar-refractivity contribution in [3.63, 3.8) is 0 Å². The van der Waals surface area contributed by atoms with Crippen LogP contribution in [0.1, 0.15) is 98.1 Å². The summed E-state index contributed by atoms with van der Waals surface area (Å²) in [6.07, 6.45) is 1.48. The lowest BCUT2D eigenvalue weighted by atomic mass is 9.91. The number of ether oxygens (including phenoxy) is 1. The van der Waals surface area contributed by atoms with E-state index in [0.29, 0.717) is 68.7 Å². The highest BCUT2D eigenvalue weighted by molar-refractivity contribution is 5.99. The average Bonchev–Trinajstić information content (AvgIpc) is 3.11.